The SMILES string of the molecule is CCC(C)Nc1cccnc1C#N. The molecule has 0 aliphatic carbocycles. The van der Waals surface area contributed by atoms with E-state index in [1.54, 1.807) is 6.20 Å². The maximum atomic E-state index is 8.75. The van der Waals surface area contributed by atoms with Crippen LogP contribution in [0.15, 0.2) is 18.3 Å². The molecule has 1 unspecified atom stereocenters. The smallest absolute Gasteiger partial charge is 0.163 e. The Morgan fingerprint density at radius 2 is 2.46 bits per heavy atom. The highest BCUT2D eigenvalue weighted by atomic mass is 14.9. The lowest BCUT2D eigenvalue weighted by Crippen LogP contribution is -2.14. The van der Waals surface area contributed by atoms with Gasteiger partial charge in [-0.15, -0.1) is 0 Å². The van der Waals surface area contributed by atoms with Gasteiger partial charge in [-0.2, -0.15) is 5.26 Å². The molecule has 0 aliphatic rings. The van der Waals surface area contributed by atoms with Crippen LogP contribution in [-0.4, -0.2) is 11.0 Å². The molecule has 0 fully saturated rings. The van der Waals surface area contributed by atoms with Crippen LogP contribution < -0.4 is 5.32 Å². The van der Waals surface area contributed by atoms with Crippen LogP contribution in [0, 0.1) is 11.3 Å². The molecule has 1 atom stereocenters. The van der Waals surface area contributed by atoms with Crippen molar-refractivity contribution in [2.24, 2.45) is 0 Å². The molecule has 0 aromatic carbocycles. The summed E-state index contributed by atoms with van der Waals surface area (Å²) in [6.07, 6.45) is 2.65. The fourth-order valence-electron chi connectivity index (χ4n) is 0.978. The summed E-state index contributed by atoms with van der Waals surface area (Å²) in [5.41, 5.74) is 1.28. The monoisotopic (exact) mass is 175 g/mol. The van der Waals surface area contributed by atoms with Crippen molar-refractivity contribution in [2.75, 3.05) is 5.32 Å². The van der Waals surface area contributed by atoms with Crippen molar-refractivity contribution >= 4 is 5.69 Å². The predicted octanol–water partition coefficient (Wildman–Crippen LogP) is 2.16. The molecule has 1 N–H and O–H groups in total. The van der Waals surface area contributed by atoms with Crippen LogP contribution >= 0.6 is 0 Å². The molecule has 13 heavy (non-hydrogen) atoms. The zero-order valence-corrected chi connectivity index (χ0v) is 7.91. The quantitative estimate of drug-likeness (QED) is 0.765. The summed E-state index contributed by atoms with van der Waals surface area (Å²) in [4.78, 5) is 3.96. The van der Waals surface area contributed by atoms with E-state index in [4.69, 9.17) is 5.26 Å². The van der Waals surface area contributed by atoms with Crippen molar-refractivity contribution in [2.45, 2.75) is 26.3 Å². The molecule has 0 spiro atoms. The van der Waals surface area contributed by atoms with E-state index < -0.39 is 0 Å². The molecule has 0 saturated heterocycles. The van der Waals surface area contributed by atoms with E-state index in [-0.39, 0.29) is 0 Å². The molecule has 0 bridgehead atoms. The van der Waals surface area contributed by atoms with Gasteiger partial charge in [-0.05, 0) is 25.5 Å². The number of aromatic nitrogens is 1. The van der Waals surface area contributed by atoms with Gasteiger partial charge in [0.05, 0.1) is 5.69 Å². The number of hydrogen-bond donors (Lipinski definition) is 1. The molecule has 0 radical (unpaired) electrons. The fourth-order valence-corrected chi connectivity index (χ4v) is 0.978. The van der Waals surface area contributed by atoms with Crippen LogP contribution in [0.5, 0.6) is 0 Å². The molecule has 1 rings (SSSR count). The number of nitrogens with one attached hydrogen (secondary N) is 1. The van der Waals surface area contributed by atoms with Crippen molar-refractivity contribution in [3.05, 3.63) is 24.0 Å². The van der Waals surface area contributed by atoms with Crippen molar-refractivity contribution in [1.82, 2.24) is 4.98 Å². The molecule has 0 aliphatic heterocycles. The normalized spacial score (nSPS) is 11.8. The molecule has 1 aromatic heterocycles. The van der Waals surface area contributed by atoms with Gasteiger partial charge >= 0.3 is 0 Å². The molecule has 0 saturated carbocycles. The predicted molar refractivity (Wildman–Crippen MR) is 52.3 cm³/mol. The van der Waals surface area contributed by atoms with E-state index in [1.807, 2.05) is 12.1 Å². The second-order valence-corrected chi connectivity index (χ2v) is 2.97. The van der Waals surface area contributed by atoms with Crippen molar-refractivity contribution in [3.63, 3.8) is 0 Å². The summed E-state index contributed by atoms with van der Waals surface area (Å²) in [7, 11) is 0. The first-order chi connectivity index (χ1) is 6.27. The van der Waals surface area contributed by atoms with Crippen LogP contribution in [-0.2, 0) is 0 Å². The minimum Gasteiger partial charge on any atom is -0.380 e. The van der Waals surface area contributed by atoms with Gasteiger partial charge in [0.1, 0.15) is 6.07 Å². The number of rotatable bonds is 3. The van der Waals surface area contributed by atoms with Crippen LogP contribution in [0.1, 0.15) is 26.0 Å². The Labute approximate surface area is 78.4 Å². The third kappa shape index (κ3) is 2.45. The lowest BCUT2D eigenvalue weighted by atomic mass is 10.2. The van der Waals surface area contributed by atoms with Gasteiger partial charge in [0.25, 0.3) is 0 Å². The molecular weight excluding hydrogens is 162 g/mol. The molecule has 1 aromatic rings. The van der Waals surface area contributed by atoms with E-state index in [1.165, 1.54) is 0 Å². The molecule has 3 heteroatoms. The van der Waals surface area contributed by atoms with E-state index in [0.717, 1.165) is 12.1 Å². The molecule has 3 nitrogen and oxygen atoms in total. The Morgan fingerprint density at radius 1 is 1.69 bits per heavy atom. The minimum absolute atomic E-state index is 0.372. The summed E-state index contributed by atoms with van der Waals surface area (Å²) in [6, 6.07) is 6.12. The van der Waals surface area contributed by atoms with Gasteiger partial charge in [0.15, 0.2) is 5.69 Å². The summed E-state index contributed by atoms with van der Waals surface area (Å²) in [5, 5.41) is 12.0. The maximum absolute atomic E-state index is 8.75. The van der Waals surface area contributed by atoms with Crippen LogP contribution in [0.25, 0.3) is 0 Å². The van der Waals surface area contributed by atoms with E-state index >= 15 is 0 Å². The second kappa shape index (κ2) is 4.46. The van der Waals surface area contributed by atoms with Gasteiger partial charge in [-0.1, -0.05) is 6.92 Å². The topological polar surface area (TPSA) is 48.7 Å². The van der Waals surface area contributed by atoms with E-state index in [2.05, 4.69) is 30.2 Å². The van der Waals surface area contributed by atoms with Gasteiger partial charge in [0, 0.05) is 12.2 Å². The average Bonchev–Trinajstić information content (AvgIpc) is 2.18. The summed E-state index contributed by atoms with van der Waals surface area (Å²) < 4.78 is 0. The number of nitrogens with zero attached hydrogens (tertiary/aromatic N) is 2. The van der Waals surface area contributed by atoms with Gasteiger partial charge in [0.2, 0.25) is 0 Å². The number of nitriles is 1. The van der Waals surface area contributed by atoms with Crippen LogP contribution in [0.3, 0.4) is 0 Å². The maximum Gasteiger partial charge on any atom is 0.163 e. The van der Waals surface area contributed by atoms with Gasteiger partial charge in [-0.3, -0.25) is 0 Å². The summed E-state index contributed by atoms with van der Waals surface area (Å²) >= 11 is 0. The number of pyridine rings is 1. The minimum atomic E-state index is 0.372. The number of anilines is 1. The van der Waals surface area contributed by atoms with Gasteiger partial charge in [-0.25, -0.2) is 4.98 Å². The molecule has 0 amide bonds. The van der Waals surface area contributed by atoms with E-state index in [9.17, 15) is 0 Å². The first-order valence-corrected chi connectivity index (χ1v) is 4.39. The molecule has 68 valence electrons. The summed E-state index contributed by atoms with van der Waals surface area (Å²) in [5.74, 6) is 0. The highest BCUT2D eigenvalue weighted by Gasteiger charge is 2.03. The first kappa shape index (κ1) is 9.53. The zero-order valence-electron chi connectivity index (χ0n) is 7.91. The zero-order chi connectivity index (χ0) is 9.68. The Balaban J connectivity index is 2.82. The standard InChI is InChI=1S/C10H13N3/c1-3-8(2)13-9-5-4-6-12-10(9)7-11/h4-6,8,13H,3H2,1-2H3. The Bertz CT molecular complexity index is 314. The van der Waals surface area contributed by atoms with Crippen molar-refractivity contribution in [1.29, 1.82) is 5.26 Å². The Kier molecular flexibility index (Phi) is 3.27. The lowest BCUT2D eigenvalue weighted by molar-refractivity contribution is 0.763. The summed E-state index contributed by atoms with van der Waals surface area (Å²) in [6.45, 7) is 4.17. The molecule has 1 heterocycles. The lowest BCUT2D eigenvalue weighted by Gasteiger charge is -2.12. The first-order valence-electron chi connectivity index (χ1n) is 4.39. The molecular formula is C10H13N3. The third-order valence-electron chi connectivity index (χ3n) is 1.93. The number of hydrogen-bond acceptors (Lipinski definition) is 3. The highest BCUT2D eigenvalue weighted by molar-refractivity contribution is 5.53. The van der Waals surface area contributed by atoms with Crippen molar-refractivity contribution < 1.29 is 0 Å². The second-order valence-electron chi connectivity index (χ2n) is 2.97. The van der Waals surface area contributed by atoms with Crippen LogP contribution in [0.4, 0.5) is 5.69 Å². The highest BCUT2D eigenvalue weighted by Crippen LogP contribution is 2.12. The van der Waals surface area contributed by atoms with E-state index in [0.29, 0.717) is 11.7 Å². The Hall–Kier alpha value is -1.56. The van der Waals surface area contributed by atoms with Crippen LogP contribution in [0.2, 0.25) is 0 Å². The fraction of sp³-hybridized carbons (Fsp3) is 0.400. The largest absolute Gasteiger partial charge is 0.380 e. The average molecular weight is 175 g/mol. The third-order valence-corrected chi connectivity index (χ3v) is 1.93. The van der Waals surface area contributed by atoms with Crippen molar-refractivity contribution in [3.8, 4) is 6.07 Å². The Morgan fingerprint density at radius 3 is 3.08 bits per heavy atom. The van der Waals surface area contributed by atoms with Gasteiger partial charge < -0.3 is 5.32 Å².